The smallest absolute Gasteiger partial charge is 0.113 e. The molecule has 0 radical (unpaired) electrons. The van der Waals surface area contributed by atoms with Crippen LogP contribution in [0.1, 0.15) is 57.7 Å². The summed E-state index contributed by atoms with van der Waals surface area (Å²) in [4.78, 5) is 4.84. The van der Waals surface area contributed by atoms with Gasteiger partial charge in [0.05, 0.1) is 23.4 Å². The first kappa shape index (κ1) is 18.6. The molecule has 0 aliphatic rings. The van der Waals surface area contributed by atoms with Crippen LogP contribution < -0.4 is 5.32 Å². The summed E-state index contributed by atoms with van der Waals surface area (Å²) in [6, 6.07) is 0. The van der Waals surface area contributed by atoms with Crippen molar-refractivity contribution < 1.29 is 9.47 Å². The number of thiazole rings is 1. The van der Waals surface area contributed by atoms with Gasteiger partial charge in [-0.25, -0.2) is 4.98 Å². The molecule has 1 atom stereocenters. The normalized spacial score (nSPS) is 15.4. The van der Waals surface area contributed by atoms with Gasteiger partial charge < -0.3 is 14.8 Å². The first-order valence-corrected chi connectivity index (χ1v) is 8.37. The Balaban J connectivity index is 2.98. The molecule has 1 N–H and O–H groups in total. The lowest BCUT2D eigenvalue weighted by Crippen LogP contribution is -2.46. The molecule has 0 aromatic carbocycles. The highest BCUT2D eigenvalue weighted by atomic mass is 32.1. The van der Waals surface area contributed by atoms with Crippen LogP contribution in [-0.2, 0) is 15.0 Å². The van der Waals surface area contributed by atoms with Gasteiger partial charge in [0.15, 0.2) is 0 Å². The molecule has 0 amide bonds. The summed E-state index contributed by atoms with van der Waals surface area (Å²) in [7, 11) is 3.48. The van der Waals surface area contributed by atoms with E-state index in [0.29, 0.717) is 12.5 Å². The molecular formula is C16H30N2O2S. The Morgan fingerprint density at radius 3 is 2.43 bits per heavy atom. The molecule has 1 rings (SSSR count). The maximum atomic E-state index is 5.62. The summed E-state index contributed by atoms with van der Waals surface area (Å²) in [5.74, 6) is 0.452. The number of nitrogens with one attached hydrogen (secondary N) is 1. The van der Waals surface area contributed by atoms with Crippen molar-refractivity contribution in [1.29, 1.82) is 0 Å². The van der Waals surface area contributed by atoms with E-state index in [-0.39, 0.29) is 11.1 Å². The predicted molar refractivity (Wildman–Crippen MR) is 89.1 cm³/mol. The van der Waals surface area contributed by atoms with E-state index in [2.05, 4.69) is 45.3 Å². The molecule has 1 aromatic heterocycles. The van der Waals surface area contributed by atoms with Gasteiger partial charge >= 0.3 is 0 Å². The molecule has 21 heavy (non-hydrogen) atoms. The van der Waals surface area contributed by atoms with E-state index >= 15 is 0 Å². The number of ether oxygens (including phenoxy) is 2. The summed E-state index contributed by atoms with van der Waals surface area (Å²) < 4.78 is 10.8. The lowest BCUT2D eigenvalue weighted by atomic mass is 9.88. The maximum absolute atomic E-state index is 5.62. The summed E-state index contributed by atoms with van der Waals surface area (Å²) in [5, 5.41) is 6.88. The second-order valence-electron chi connectivity index (χ2n) is 6.62. The minimum Gasteiger partial charge on any atom is -0.383 e. The van der Waals surface area contributed by atoms with E-state index in [9.17, 15) is 0 Å². The second kappa shape index (κ2) is 7.68. The molecule has 0 aliphatic heterocycles. The number of rotatable bonds is 9. The van der Waals surface area contributed by atoms with Crippen LogP contribution >= 0.6 is 11.3 Å². The number of nitrogens with zero attached hydrogens (tertiary/aromatic N) is 1. The fourth-order valence-electron chi connectivity index (χ4n) is 2.37. The van der Waals surface area contributed by atoms with Crippen molar-refractivity contribution >= 4 is 11.3 Å². The third-order valence-electron chi connectivity index (χ3n) is 3.74. The van der Waals surface area contributed by atoms with E-state index in [4.69, 9.17) is 14.5 Å². The largest absolute Gasteiger partial charge is 0.383 e. The lowest BCUT2D eigenvalue weighted by molar-refractivity contribution is -0.00815. The van der Waals surface area contributed by atoms with Crippen LogP contribution in [0.2, 0.25) is 0 Å². The van der Waals surface area contributed by atoms with E-state index in [1.165, 1.54) is 0 Å². The zero-order valence-corrected chi connectivity index (χ0v) is 15.3. The van der Waals surface area contributed by atoms with Gasteiger partial charge in [0.1, 0.15) is 5.01 Å². The standard InChI is InChI=1S/C16H30N2O2S/c1-12(2)13-10-21-14(18-13)16(5,17-8-9-19-6)11-15(3,4)20-7/h10,12,17H,8-9,11H2,1-7H3. The van der Waals surface area contributed by atoms with Gasteiger partial charge in [-0.1, -0.05) is 13.8 Å². The van der Waals surface area contributed by atoms with Crippen molar-refractivity contribution in [2.75, 3.05) is 27.4 Å². The van der Waals surface area contributed by atoms with Crippen LogP contribution in [0.4, 0.5) is 0 Å². The topological polar surface area (TPSA) is 43.4 Å². The Bertz CT molecular complexity index is 432. The number of hydrogen-bond donors (Lipinski definition) is 1. The SMILES string of the molecule is COCCNC(C)(CC(C)(C)OC)c1nc(C(C)C)cs1. The Hall–Kier alpha value is -0.490. The highest BCUT2D eigenvalue weighted by Crippen LogP contribution is 2.34. The molecule has 4 nitrogen and oxygen atoms in total. The summed E-state index contributed by atoms with van der Waals surface area (Å²) in [5.41, 5.74) is 0.735. The maximum Gasteiger partial charge on any atom is 0.113 e. The third kappa shape index (κ3) is 5.33. The Morgan fingerprint density at radius 2 is 1.95 bits per heavy atom. The zero-order chi connectivity index (χ0) is 16.1. The molecule has 0 saturated heterocycles. The van der Waals surface area contributed by atoms with Gasteiger partial charge in [-0.3, -0.25) is 0 Å². The van der Waals surface area contributed by atoms with Gasteiger partial charge in [0, 0.05) is 32.6 Å². The van der Waals surface area contributed by atoms with Gasteiger partial charge in [-0.05, 0) is 26.7 Å². The summed E-state index contributed by atoms with van der Waals surface area (Å²) in [6.45, 7) is 12.3. The van der Waals surface area contributed by atoms with Crippen LogP contribution in [0, 0.1) is 0 Å². The monoisotopic (exact) mass is 314 g/mol. The minimum absolute atomic E-state index is 0.210. The first-order valence-electron chi connectivity index (χ1n) is 7.49. The van der Waals surface area contributed by atoms with Crippen molar-refractivity contribution in [2.24, 2.45) is 0 Å². The molecule has 122 valence electrons. The molecule has 0 spiro atoms. The van der Waals surface area contributed by atoms with Gasteiger partial charge in [0.25, 0.3) is 0 Å². The van der Waals surface area contributed by atoms with E-state index in [1.54, 1.807) is 25.6 Å². The summed E-state index contributed by atoms with van der Waals surface area (Å²) >= 11 is 1.72. The fraction of sp³-hybridized carbons (Fsp3) is 0.812. The van der Waals surface area contributed by atoms with E-state index < -0.39 is 0 Å². The van der Waals surface area contributed by atoms with Crippen LogP contribution in [0.3, 0.4) is 0 Å². The highest BCUT2D eigenvalue weighted by molar-refractivity contribution is 7.09. The van der Waals surface area contributed by atoms with Gasteiger partial charge in [-0.2, -0.15) is 0 Å². The lowest BCUT2D eigenvalue weighted by Gasteiger charge is -2.36. The van der Waals surface area contributed by atoms with Crippen LogP contribution in [0.15, 0.2) is 5.38 Å². The molecule has 0 aliphatic carbocycles. The third-order valence-corrected chi connectivity index (χ3v) is 4.86. The molecular weight excluding hydrogens is 284 g/mol. The highest BCUT2D eigenvalue weighted by Gasteiger charge is 2.36. The second-order valence-corrected chi connectivity index (χ2v) is 7.48. The zero-order valence-electron chi connectivity index (χ0n) is 14.4. The van der Waals surface area contributed by atoms with E-state index in [1.807, 2.05) is 0 Å². The van der Waals surface area contributed by atoms with Gasteiger partial charge in [-0.15, -0.1) is 11.3 Å². The summed E-state index contributed by atoms with van der Waals surface area (Å²) in [6.07, 6.45) is 0.852. The van der Waals surface area contributed by atoms with Crippen molar-refractivity contribution in [1.82, 2.24) is 10.3 Å². The van der Waals surface area contributed by atoms with Crippen molar-refractivity contribution in [3.63, 3.8) is 0 Å². The van der Waals surface area contributed by atoms with Crippen LogP contribution in [0.5, 0.6) is 0 Å². The molecule has 5 heteroatoms. The van der Waals surface area contributed by atoms with Crippen LogP contribution in [-0.4, -0.2) is 38.0 Å². The van der Waals surface area contributed by atoms with Crippen molar-refractivity contribution in [3.05, 3.63) is 16.1 Å². The Labute approximate surface area is 133 Å². The minimum atomic E-state index is -0.212. The first-order chi connectivity index (χ1) is 9.74. The molecule has 1 unspecified atom stereocenters. The molecule has 1 heterocycles. The number of aromatic nitrogens is 1. The number of methoxy groups -OCH3 is 2. The predicted octanol–water partition coefficient (Wildman–Crippen LogP) is 3.53. The van der Waals surface area contributed by atoms with Crippen molar-refractivity contribution in [2.45, 2.75) is 58.1 Å². The molecule has 0 saturated carbocycles. The number of hydrogen-bond acceptors (Lipinski definition) is 5. The van der Waals surface area contributed by atoms with Crippen LogP contribution in [0.25, 0.3) is 0 Å². The van der Waals surface area contributed by atoms with Gasteiger partial charge in [0.2, 0.25) is 0 Å². The fourth-order valence-corrected chi connectivity index (χ4v) is 3.49. The molecule has 0 bridgehead atoms. The Morgan fingerprint density at radius 1 is 1.29 bits per heavy atom. The molecule has 1 aromatic rings. The van der Waals surface area contributed by atoms with Crippen molar-refractivity contribution in [3.8, 4) is 0 Å². The Kier molecular flexibility index (Phi) is 6.78. The van der Waals surface area contributed by atoms with E-state index in [0.717, 1.165) is 23.7 Å². The molecule has 0 fully saturated rings. The quantitative estimate of drug-likeness (QED) is 0.708. The average Bonchev–Trinajstić information content (AvgIpc) is 2.89. The average molecular weight is 314 g/mol.